The average Bonchev–Trinajstić information content (AvgIpc) is 2.56. The van der Waals surface area contributed by atoms with Crippen molar-refractivity contribution >= 4 is 5.91 Å². The van der Waals surface area contributed by atoms with Crippen LogP contribution in [0.4, 0.5) is 8.78 Å². The quantitative estimate of drug-likeness (QED) is 0.913. The van der Waals surface area contributed by atoms with Crippen LogP contribution < -0.4 is 10.1 Å². The standard InChI is InChI=1S/C17H15F2NO3/c18-13-6-5-11(9-14(13)19)16(21)20-10-17(22)7-8-23-15-4-2-1-3-12(15)17/h1-6,9,22H,7-8,10H2,(H,20,21)/t17-/m0/s1. The molecule has 23 heavy (non-hydrogen) atoms. The summed E-state index contributed by atoms with van der Waals surface area (Å²) in [4.78, 5) is 12.1. The number of aliphatic hydroxyl groups is 1. The molecular formula is C17H15F2NO3. The Morgan fingerprint density at radius 3 is 2.78 bits per heavy atom. The molecule has 1 amide bonds. The molecule has 120 valence electrons. The third kappa shape index (κ3) is 3.03. The molecule has 2 N–H and O–H groups in total. The fourth-order valence-electron chi connectivity index (χ4n) is 2.59. The molecule has 0 spiro atoms. The van der Waals surface area contributed by atoms with Crippen molar-refractivity contribution in [2.24, 2.45) is 0 Å². The summed E-state index contributed by atoms with van der Waals surface area (Å²) in [5.41, 5.74) is -0.673. The van der Waals surface area contributed by atoms with Gasteiger partial charge in [-0.25, -0.2) is 8.78 Å². The van der Waals surface area contributed by atoms with Crippen LogP contribution in [-0.2, 0) is 5.60 Å². The Labute approximate surface area is 131 Å². The molecule has 6 heteroatoms. The minimum atomic E-state index is -1.26. The van der Waals surface area contributed by atoms with Crippen molar-refractivity contribution < 1.29 is 23.4 Å². The lowest BCUT2D eigenvalue weighted by Gasteiger charge is -2.34. The van der Waals surface area contributed by atoms with Crippen LogP contribution in [0.1, 0.15) is 22.3 Å². The van der Waals surface area contributed by atoms with Crippen molar-refractivity contribution in [2.45, 2.75) is 12.0 Å². The number of hydrogen-bond acceptors (Lipinski definition) is 3. The van der Waals surface area contributed by atoms with E-state index in [0.717, 1.165) is 12.1 Å². The number of para-hydroxylation sites is 1. The van der Waals surface area contributed by atoms with Crippen LogP contribution in [0.25, 0.3) is 0 Å². The molecule has 0 radical (unpaired) electrons. The first-order chi connectivity index (χ1) is 11.0. The van der Waals surface area contributed by atoms with Crippen molar-refractivity contribution in [3.05, 3.63) is 65.2 Å². The van der Waals surface area contributed by atoms with Gasteiger partial charge < -0.3 is 15.2 Å². The van der Waals surface area contributed by atoms with Crippen LogP contribution in [0.3, 0.4) is 0 Å². The number of rotatable bonds is 3. The van der Waals surface area contributed by atoms with Crippen molar-refractivity contribution in [1.29, 1.82) is 0 Å². The predicted octanol–water partition coefficient (Wildman–Crippen LogP) is 2.36. The zero-order valence-electron chi connectivity index (χ0n) is 12.2. The lowest BCUT2D eigenvalue weighted by Crippen LogP contribution is -2.43. The molecule has 1 aliphatic heterocycles. The number of carbonyl (C=O) groups is 1. The maximum Gasteiger partial charge on any atom is 0.251 e. The van der Waals surface area contributed by atoms with Crippen molar-refractivity contribution in [3.8, 4) is 5.75 Å². The lowest BCUT2D eigenvalue weighted by molar-refractivity contribution is -0.00160. The molecule has 0 fully saturated rings. The number of amides is 1. The summed E-state index contributed by atoms with van der Waals surface area (Å²) in [7, 11) is 0. The van der Waals surface area contributed by atoms with Gasteiger partial charge in [-0.05, 0) is 24.3 Å². The summed E-state index contributed by atoms with van der Waals surface area (Å²) in [6.07, 6.45) is 0.322. The van der Waals surface area contributed by atoms with Gasteiger partial charge in [-0.1, -0.05) is 18.2 Å². The summed E-state index contributed by atoms with van der Waals surface area (Å²) in [5, 5.41) is 13.4. The SMILES string of the molecule is O=C(NC[C@@]1(O)CCOc2ccccc21)c1ccc(F)c(F)c1. The van der Waals surface area contributed by atoms with Gasteiger partial charge in [-0.15, -0.1) is 0 Å². The fourth-order valence-corrected chi connectivity index (χ4v) is 2.59. The summed E-state index contributed by atoms with van der Waals surface area (Å²) in [6, 6.07) is 9.96. The molecule has 3 rings (SSSR count). The third-order valence-corrected chi connectivity index (χ3v) is 3.88. The highest BCUT2D eigenvalue weighted by Crippen LogP contribution is 2.36. The molecule has 1 heterocycles. The van der Waals surface area contributed by atoms with Crippen LogP contribution >= 0.6 is 0 Å². The molecule has 0 aromatic heterocycles. The minimum absolute atomic E-state index is 0.00663. The first kappa shape index (κ1) is 15.4. The number of carbonyl (C=O) groups excluding carboxylic acids is 1. The first-order valence-electron chi connectivity index (χ1n) is 7.17. The average molecular weight is 319 g/mol. The predicted molar refractivity (Wildman–Crippen MR) is 79.1 cm³/mol. The molecular weight excluding hydrogens is 304 g/mol. The van der Waals surface area contributed by atoms with Gasteiger partial charge in [-0.3, -0.25) is 4.79 Å². The summed E-state index contributed by atoms with van der Waals surface area (Å²) >= 11 is 0. The Morgan fingerprint density at radius 1 is 1.22 bits per heavy atom. The zero-order valence-corrected chi connectivity index (χ0v) is 12.2. The molecule has 2 aromatic carbocycles. The zero-order chi connectivity index (χ0) is 16.4. The van der Waals surface area contributed by atoms with Crippen LogP contribution in [0.2, 0.25) is 0 Å². The lowest BCUT2D eigenvalue weighted by atomic mass is 9.88. The number of fused-ring (bicyclic) bond motifs is 1. The summed E-state index contributed by atoms with van der Waals surface area (Å²) in [6.45, 7) is 0.278. The van der Waals surface area contributed by atoms with E-state index < -0.39 is 23.1 Å². The molecule has 0 aliphatic carbocycles. The second kappa shape index (κ2) is 5.96. The Bertz CT molecular complexity index is 750. The molecule has 0 saturated heterocycles. The molecule has 4 nitrogen and oxygen atoms in total. The van der Waals surface area contributed by atoms with Crippen molar-refractivity contribution in [3.63, 3.8) is 0 Å². The van der Waals surface area contributed by atoms with E-state index in [2.05, 4.69) is 5.32 Å². The van der Waals surface area contributed by atoms with E-state index in [9.17, 15) is 18.7 Å². The molecule has 2 aromatic rings. The van der Waals surface area contributed by atoms with E-state index >= 15 is 0 Å². The van der Waals surface area contributed by atoms with Crippen LogP contribution in [0, 0.1) is 11.6 Å². The highest BCUT2D eigenvalue weighted by molar-refractivity contribution is 5.94. The van der Waals surface area contributed by atoms with E-state index in [1.54, 1.807) is 24.3 Å². The van der Waals surface area contributed by atoms with E-state index in [0.29, 0.717) is 24.3 Å². The molecule has 0 saturated carbocycles. The van der Waals surface area contributed by atoms with Gasteiger partial charge in [0, 0.05) is 17.5 Å². The smallest absolute Gasteiger partial charge is 0.251 e. The largest absolute Gasteiger partial charge is 0.493 e. The van der Waals surface area contributed by atoms with Gasteiger partial charge in [-0.2, -0.15) is 0 Å². The molecule has 0 bridgehead atoms. The van der Waals surface area contributed by atoms with Gasteiger partial charge in [0.15, 0.2) is 11.6 Å². The van der Waals surface area contributed by atoms with Crippen molar-refractivity contribution in [1.82, 2.24) is 5.32 Å². The number of benzene rings is 2. The highest BCUT2D eigenvalue weighted by Gasteiger charge is 2.35. The second-order valence-corrected chi connectivity index (χ2v) is 5.44. The van der Waals surface area contributed by atoms with Crippen molar-refractivity contribution in [2.75, 3.05) is 13.2 Å². The Morgan fingerprint density at radius 2 is 2.00 bits per heavy atom. The molecule has 1 atom stereocenters. The molecule has 0 unspecified atom stereocenters. The van der Waals surface area contributed by atoms with Gasteiger partial charge in [0.2, 0.25) is 0 Å². The maximum absolute atomic E-state index is 13.2. The summed E-state index contributed by atoms with van der Waals surface area (Å²) in [5.74, 6) is -2.11. The van der Waals surface area contributed by atoms with Gasteiger partial charge in [0.05, 0.1) is 13.2 Å². The monoisotopic (exact) mass is 319 g/mol. The van der Waals surface area contributed by atoms with E-state index in [-0.39, 0.29) is 12.1 Å². The number of ether oxygens (including phenoxy) is 1. The molecule has 1 aliphatic rings. The topological polar surface area (TPSA) is 58.6 Å². The van der Waals surface area contributed by atoms with Crippen LogP contribution in [0.5, 0.6) is 5.75 Å². The third-order valence-electron chi connectivity index (χ3n) is 3.88. The van der Waals surface area contributed by atoms with E-state index in [1.807, 2.05) is 0 Å². The van der Waals surface area contributed by atoms with Gasteiger partial charge in [0.1, 0.15) is 11.4 Å². The van der Waals surface area contributed by atoms with Crippen LogP contribution in [-0.4, -0.2) is 24.2 Å². The Balaban J connectivity index is 1.75. The number of nitrogens with one attached hydrogen (secondary N) is 1. The maximum atomic E-state index is 13.2. The van der Waals surface area contributed by atoms with Crippen LogP contribution in [0.15, 0.2) is 42.5 Å². The fraction of sp³-hybridized carbons (Fsp3) is 0.235. The Kier molecular flexibility index (Phi) is 4.00. The second-order valence-electron chi connectivity index (χ2n) is 5.44. The normalized spacial score (nSPS) is 19.6. The summed E-state index contributed by atoms with van der Waals surface area (Å²) < 4.78 is 31.6. The Hall–Kier alpha value is -2.47. The van der Waals surface area contributed by atoms with Gasteiger partial charge in [0.25, 0.3) is 5.91 Å². The number of hydrogen-bond donors (Lipinski definition) is 2. The van der Waals surface area contributed by atoms with E-state index in [4.69, 9.17) is 4.74 Å². The minimum Gasteiger partial charge on any atom is -0.493 e. The number of halogens is 2. The highest BCUT2D eigenvalue weighted by atomic mass is 19.2. The first-order valence-corrected chi connectivity index (χ1v) is 7.17. The van der Waals surface area contributed by atoms with E-state index in [1.165, 1.54) is 6.07 Å². The van der Waals surface area contributed by atoms with Gasteiger partial charge >= 0.3 is 0 Å².